The van der Waals surface area contributed by atoms with Crippen molar-refractivity contribution in [2.45, 2.75) is 45.7 Å². The van der Waals surface area contributed by atoms with Gasteiger partial charge in [0.05, 0.1) is 11.4 Å². The summed E-state index contributed by atoms with van der Waals surface area (Å²) in [6.07, 6.45) is 6.82. The highest BCUT2D eigenvalue weighted by Gasteiger charge is 2.25. The number of hydrogen-bond donors (Lipinski definition) is 2. The standard InChI is InChI=1S/C24H30N6O2/c1-3-17-15-30-9-8-18(22(30)27-23(17)31)14-28-10-12-29(13-11-28)21-7-6-20(25-16(21)2)24(32)26-19-4-5-19/h6-9,15,19H,3-5,10-14H2,1-2H3,(H,26,32)(H,27,31). The molecule has 1 aliphatic heterocycles. The first kappa shape index (κ1) is 20.8. The van der Waals surface area contributed by atoms with Gasteiger partial charge in [0.2, 0.25) is 0 Å². The fourth-order valence-electron chi connectivity index (χ4n) is 4.42. The van der Waals surface area contributed by atoms with E-state index in [-0.39, 0.29) is 11.5 Å². The maximum Gasteiger partial charge on any atom is 0.270 e. The summed E-state index contributed by atoms with van der Waals surface area (Å²) in [7, 11) is 0. The number of nitrogens with one attached hydrogen (secondary N) is 2. The number of rotatable bonds is 6. The van der Waals surface area contributed by atoms with E-state index in [0.717, 1.165) is 80.1 Å². The maximum atomic E-state index is 12.3. The highest BCUT2D eigenvalue weighted by atomic mass is 16.2. The first-order chi connectivity index (χ1) is 15.5. The molecule has 1 saturated heterocycles. The number of hydrogen-bond acceptors (Lipinski definition) is 5. The molecule has 0 radical (unpaired) electrons. The van der Waals surface area contributed by atoms with E-state index in [2.05, 4.69) is 31.2 Å². The summed E-state index contributed by atoms with van der Waals surface area (Å²) in [6, 6.07) is 6.29. The molecule has 0 unspecified atom stereocenters. The smallest absolute Gasteiger partial charge is 0.270 e. The topological polar surface area (TPSA) is 85.7 Å². The number of fused-ring (bicyclic) bond motifs is 1. The lowest BCUT2D eigenvalue weighted by molar-refractivity contribution is 0.0946. The van der Waals surface area contributed by atoms with Crippen LogP contribution < -0.4 is 15.8 Å². The van der Waals surface area contributed by atoms with Crippen LogP contribution in [-0.4, -0.2) is 57.4 Å². The molecule has 4 heterocycles. The lowest BCUT2D eigenvalue weighted by atomic mass is 10.2. The van der Waals surface area contributed by atoms with Crippen LogP contribution in [0.15, 0.2) is 35.4 Å². The van der Waals surface area contributed by atoms with Gasteiger partial charge in [-0.25, -0.2) is 4.98 Å². The Morgan fingerprint density at radius 2 is 1.94 bits per heavy atom. The predicted octanol–water partition coefficient (Wildman–Crippen LogP) is 2.11. The van der Waals surface area contributed by atoms with Gasteiger partial charge in [-0.15, -0.1) is 0 Å². The first-order valence-electron chi connectivity index (χ1n) is 11.5. The van der Waals surface area contributed by atoms with Crippen LogP contribution in [0.4, 0.5) is 5.69 Å². The molecule has 3 aromatic rings. The van der Waals surface area contributed by atoms with Crippen LogP contribution in [0, 0.1) is 6.92 Å². The minimum absolute atomic E-state index is 0.00186. The molecule has 0 aromatic carbocycles. The molecule has 8 heteroatoms. The van der Waals surface area contributed by atoms with Gasteiger partial charge in [0, 0.05) is 62.3 Å². The van der Waals surface area contributed by atoms with Crippen molar-refractivity contribution in [3.63, 3.8) is 0 Å². The van der Waals surface area contributed by atoms with Gasteiger partial charge in [-0.05, 0) is 44.4 Å². The van der Waals surface area contributed by atoms with Gasteiger partial charge in [0.1, 0.15) is 11.3 Å². The third-order valence-electron chi connectivity index (χ3n) is 6.51. The minimum Gasteiger partial charge on any atom is -0.368 e. The number of aromatic nitrogens is 3. The van der Waals surface area contributed by atoms with Crippen molar-refractivity contribution in [2.75, 3.05) is 31.1 Å². The zero-order chi connectivity index (χ0) is 22.2. The van der Waals surface area contributed by atoms with Crippen molar-refractivity contribution in [3.8, 4) is 0 Å². The molecule has 1 aliphatic carbocycles. The van der Waals surface area contributed by atoms with Gasteiger partial charge in [0.25, 0.3) is 11.5 Å². The van der Waals surface area contributed by atoms with Crippen LogP contribution in [0.2, 0.25) is 0 Å². The second-order valence-corrected chi connectivity index (χ2v) is 8.87. The van der Waals surface area contributed by atoms with Gasteiger partial charge in [0.15, 0.2) is 0 Å². The average molecular weight is 435 g/mol. The first-order valence-corrected chi connectivity index (χ1v) is 11.5. The Balaban J connectivity index is 1.23. The Morgan fingerprint density at radius 3 is 2.62 bits per heavy atom. The highest BCUT2D eigenvalue weighted by Crippen LogP contribution is 2.23. The molecule has 32 heavy (non-hydrogen) atoms. The summed E-state index contributed by atoms with van der Waals surface area (Å²) >= 11 is 0. The number of H-pyrrole nitrogens is 1. The molecular weight excluding hydrogens is 404 g/mol. The van der Waals surface area contributed by atoms with Crippen molar-refractivity contribution in [2.24, 2.45) is 0 Å². The third-order valence-corrected chi connectivity index (χ3v) is 6.51. The van der Waals surface area contributed by atoms with Crippen molar-refractivity contribution in [1.82, 2.24) is 24.6 Å². The molecule has 8 nitrogen and oxygen atoms in total. The summed E-state index contributed by atoms with van der Waals surface area (Å²) in [5.41, 5.74) is 5.31. The van der Waals surface area contributed by atoms with E-state index >= 15 is 0 Å². The molecule has 1 saturated carbocycles. The SMILES string of the molecule is CCc1cn2ccc(CN3CCN(c4ccc(C(=O)NC5CC5)nc4C)CC3)c2[nH]c1=O. The molecule has 1 amide bonds. The Hall–Kier alpha value is -3.13. The number of aryl methyl sites for hydroxylation is 2. The van der Waals surface area contributed by atoms with Crippen molar-refractivity contribution >= 4 is 17.2 Å². The summed E-state index contributed by atoms with van der Waals surface area (Å²) in [5.74, 6) is -0.0733. The normalized spacial score (nSPS) is 17.1. The molecule has 0 spiro atoms. The lowest BCUT2D eigenvalue weighted by Crippen LogP contribution is -2.46. The molecule has 5 rings (SSSR count). The fraction of sp³-hybridized carbons (Fsp3) is 0.458. The van der Waals surface area contributed by atoms with Crippen LogP contribution in [0.5, 0.6) is 0 Å². The molecule has 2 N–H and O–H groups in total. The number of anilines is 1. The van der Waals surface area contributed by atoms with Crippen LogP contribution in [0.1, 0.15) is 47.1 Å². The second kappa shape index (κ2) is 8.43. The molecule has 0 atom stereocenters. The number of carbonyl (C=O) groups is 1. The van der Waals surface area contributed by atoms with Gasteiger partial charge in [-0.2, -0.15) is 0 Å². The Labute approximate surface area is 187 Å². The van der Waals surface area contributed by atoms with Gasteiger partial charge < -0.3 is 19.6 Å². The Bertz CT molecular complexity index is 1200. The number of amides is 1. The number of nitrogens with zero attached hydrogens (tertiary/aromatic N) is 4. The average Bonchev–Trinajstić information content (AvgIpc) is 3.53. The third kappa shape index (κ3) is 4.14. The zero-order valence-corrected chi connectivity index (χ0v) is 18.7. The fourth-order valence-corrected chi connectivity index (χ4v) is 4.42. The van der Waals surface area contributed by atoms with Crippen LogP contribution in [0.25, 0.3) is 5.65 Å². The predicted molar refractivity (Wildman–Crippen MR) is 124 cm³/mol. The summed E-state index contributed by atoms with van der Waals surface area (Å²) < 4.78 is 2.02. The zero-order valence-electron chi connectivity index (χ0n) is 18.7. The van der Waals surface area contributed by atoms with Crippen molar-refractivity contribution < 1.29 is 4.79 Å². The van der Waals surface area contributed by atoms with Crippen molar-refractivity contribution in [1.29, 1.82) is 0 Å². The van der Waals surface area contributed by atoms with E-state index in [9.17, 15) is 9.59 Å². The Kier molecular flexibility index (Phi) is 5.46. The van der Waals surface area contributed by atoms with Gasteiger partial charge in [-0.3, -0.25) is 14.5 Å². The van der Waals surface area contributed by atoms with E-state index in [1.54, 1.807) is 0 Å². The molecule has 2 aliphatic rings. The molecule has 2 fully saturated rings. The number of carbonyl (C=O) groups excluding carboxylic acids is 1. The quantitative estimate of drug-likeness (QED) is 0.621. The van der Waals surface area contributed by atoms with Crippen LogP contribution in [0.3, 0.4) is 0 Å². The Morgan fingerprint density at radius 1 is 1.16 bits per heavy atom. The van der Waals surface area contributed by atoms with E-state index in [1.165, 1.54) is 0 Å². The lowest BCUT2D eigenvalue weighted by Gasteiger charge is -2.36. The monoisotopic (exact) mass is 434 g/mol. The molecule has 0 bridgehead atoms. The van der Waals surface area contributed by atoms with Gasteiger partial charge in [-0.1, -0.05) is 6.92 Å². The van der Waals surface area contributed by atoms with E-state index in [0.29, 0.717) is 11.7 Å². The molecule has 168 valence electrons. The van der Waals surface area contributed by atoms with Crippen LogP contribution in [-0.2, 0) is 13.0 Å². The number of aromatic amines is 1. The maximum absolute atomic E-state index is 12.3. The van der Waals surface area contributed by atoms with Gasteiger partial charge >= 0.3 is 0 Å². The number of pyridine rings is 1. The largest absolute Gasteiger partial charge is 0.368 e. The summed E-state index contributed by atoms with van der Waals surface area (Å²) in [5, 5.41) is 3.00. The summed E-state index contributed by atoms with van der Waals surface area (Å²) in [4.78, 5) is 36.9. The number of piperazine rings is 1. The highest BCUT2D eigenvalue weighted by molar-refractivity contribution is 5.93. The second-order valence-electron chi connectivity index (χ2n) is 8.87. The minimum atomic E-state index is -0.0733. The molecule has 3 aromatic heterocycles. The van der Waals surface area contributed by atoms with E-state index < -0.39 is 0 Å². The van der Waals surface area contributed by atoms with E-state index in [1.807, 2.05) is 42.8 Å². The molecular formula is C24H30N6O2. The van der Waals surface area contributed by atoms with Crippen LogP contribution >= 0.6 is 0 Å². The van der Waals surface area contributed by atoms with E-state index in [4.69, 9.17) is 0 Å². The van der Waals surface area contributed by atoms with Crippen molar-refractivity contribution in [3.05, 3.63) is 63.5 Å². The summed E-state index contributed by atoms with van der Waals surface area (Å²) in [6.45, 7) is 8.44.